The summed E-state index contributed by atoms with van der Waals surface area (Å²) < 4.78 is 10.0. The molecule has 0 saturated heterocycles. The third-order valence-electron chi connectivity index (χ3n) is 3.58. The highest BCUT2D eigenvalue weighted by molar-refractivity contribution is 5.90. The van der Waals surface area contributed by atoms with Crippen LogP contribution in [0.3, 0.4) is 0 Å². The molecule has 0 atom stereocenters. The molecule has 4 heteroatoms. The summed E-state index contributed by atoms with van der Waals surface area (Å²) in [6.07, 6.45) is 1.55. The van der Waals surface area contributed by atoms with E-state index in [9.17, 15) is 9.59 Å². The first kappa shape index (κ1) is 17.7. The van der Waals surface area contributed by atoms with Crippen molar-refractivity contribution < 1.29 is 19.1 Å². The van der Waals surface area contributed by atoms with Crippen molar-refractivity contribution in [3.05, 3.63) is 70.8 Å². The molecule has 0 radical (unpaired) electrons. The van der Waals surface area contributed by atoms with Gasteiger partial charge < -0.3 is 9.47 Å². The van der Waals surface area contributed by atoms with Gasteiger partial charge in [-0.15, -0.1) is 0 Å². The molecule has 0 aliphatic carbocycles. The van der Waals surface area contributed by atoms with Crippen LogP contribution < -0.4 is 0 Å². The van der Waals surface area contributed by atoms with Crippen molar-refractivity contribution >= 4 is 11.9 Å². The Kier molecular flexibility index (Phi) is 6.55. The van der Waals surface area contributed by atoms with Crippen molar-refractivity contribution in [3.8, 4) is 0 Å². The second-order valence-electron chi connectivity index (χ2n) is 5.34. The van der Waals surface area contributed by atoms with Crippen LogP contribution in [0.4, 0.5) is 0 Å². The Balaban J connectivity index is 2.03. The highest BCUT2D eigenvalue weighted by atomic mass is 16.5. The first-order chi connectivity index (χ1) is 11.6. The molecule has 4 nitrogen and oxygen atoms in total. The van der Waals surface area contributed by atoms with Gasteiger partial charge in [-0.2, -0.15) is 0 Å². The van der Waals surface area contributed by atoms with Gasteiger partial charge >= 0.3 is 11.9 Å². The van der Waals surface area contributed by atoms with E-state index in [1.165, 1.54) is 0 Å². The third kappa shape index (κ3) is 4.95. The molecule has 0 amide bonds. The Hall–Kier alpha value is -2.62. The maximum Gasteiger partial charge on any atom is 0.338 e. The average Bonchev–Trinajstić information content (AvgIpc) is 2.61. The zero-order valence-corrected chi connectivity index (χ0v) is 14.1. The number of esters is 2. The molecule has 126 valence electrons. The molecule has 24 heavy (non-hydrogen) atoms. The molecule has 0 heterocycles. The minimum Gasteiger partial charge on any atom is -0.462 e. The molecule has 0 aromatic heterocycles. The van der Waals surface area contributed by atoms with Gasteiger partial charge in [-0.3, -0.25) is 0 Å². The standard InChI is InChI=1S/C20H22O4/c1-3-23-19(21)17-9-5-7-15(13-17)11-12-16-8-6-10-18(14-16)20(22)24-4-2/h5-10,13-14H,3-4,11-12H2,1-2H3. The SMILES string of the molecule is CCOC(=O)c1cccc(CCc2cccc(C(=O)OCC)c2)c1. The van der Waals surface area contributed by atoms with Crippen LogP contribution in [0.1, 0.15) is 45.7 Å². The largest absolute Gasteiger partial charge is 0.462 e. The van der Waals surface area contributed by atoms with Crippen molar-refractivity contribution in [3.63, 3.8) is 0 Å². The van der Waals surface area contributed by atoms with Crippen molar-refractivity contribution in [2.75, 3.05) is 13.2 Å². The van der Waals surface area contributed by atoms with E-state index in [1.54, 1.807) is 26.0 Å². The van der Waals surface area contributed by atoms with Crippen LogP contribution in [0.15, 0.2) is 48.5 Å². The summed E-state index contributed by atoms with van der Waals surface area (Å²) in [5, 5.41) is 0. The number of rotatable bonds is 7. The van der Waals surface area contributed by atoms with Gasteiger partial charge in [-0.25, -0.2) is 9.59 Å². The lowest BCUT2D eigenvalue weighted by atomic mass is 10.0. The van der Waals surface area contributed by atoms with Crippen molar-refractivity contribution in [1.29, 1.82) is 0 Å². The molecule has 0 aliphatic heterocycles. The minimum atomic E-state index is -0.302. The van der Waals surface area contributed by atoms with E-state index in [0.29, 0.717) is 24.3 Å². The summed E-state index contributed by atoms with van der Waals surface area (Å²) >= 11 is 0. The number of carbonyl (C=O) groups excluding carboxylic acids is 2. The van der Waals surface area contributed by atoms with E-state index in [1.807, 2.05) is 36.4 Å². The lowest BCUT2D eigenvalue weighted by molar-refractivity contribution is 0.0516. The van der Waals surface area contributed by atoms with Gasteiger partial charge in [0, 0.05) is 0 Å². The molecule has 0 aliphatic rings. The highest BCUT2D eigenvalue weighted by Crippen LogP contribution is 2.13. The van der Waals surface area contributed by atoms with Crippen LogP contribution in [-0.2, 0) is 22.3 Å². The molecule has 2 aromatic rings. The molecule has 0 fully saturated rings. The summed E-state index contributed by atoms with van der Waals surface area (Å²) in [4.78, 5) is 23.6. The third-order valence-corrected chi connectivity index (χ3v) is 3.58. The minimum absolute atomic E-state index is 0.302. The summed E-state index contributed by atoms with van der Waals surface area (Å²) in [7, 11) is 0. The lowest BCUT2D eigenvalue weighted by Crippen LogP contribution is -2.06. The predicted molar refractivity (Wildman–Crippen MR) is 92.2 cm³/mol. The monoisotopic (exact) mass is 326 g/mol. The fourth-order valence-electron chi connectivity index (χ4n) is 2.43. The molecule has 0 spiro atoms. The topological polar surface area (TPSA) is 52.6 Å². The Morgan fingerprint density at radius 1 is 0.750 bits per heavy atom. The first-order valence-electron chi connectivity index (χ1n) is 8.16. The number of carbonyl (C=O) groups is 2. The Bertz CT molecular complexity index is 645. The van der Waals surface area contributed by atoms with Gasteiger partial charge in [0.05, 0.1) is 24.3 Å². The van der Waals surface area contributed by atoms with Gasteiger partial charge in [-0.1, -0.05) is 24.3 Å². The molecule has 2 rings (SSSR count). The van der Waals surface area contributed by atoms with E-state index >= 15 is 0 Å². The van der Waals surface area contributed by atoms with Crippen LogP contribution in [0.2, 0.25) is 0 Å². The fourth-order valence-corrected chi connectivity index (χ4v) is 2.43. The van der Waals surface area contributed by atoms with Crippen LogP contribution in [-0.4, -0.2) is 25.2 Å². The van der Waals surface area contributed by atoms with Gasteiger partial charge in [0.15, 0.2) is 0 Å². The van der Waals surface area contributed by atoms with Crippen LogP contribution >= 0.6 is 0 Å². The Morgan fingerprint density at radius 3 is 1.54 bits per heavy atom. The van der Waals surface area contributed by atoms with E-state index < -0.39 is 0 Å². The zero-order valence-electron chi connectivity index (χ0n) is 14.1. The van der Waals surface area contributed by atoms with Gasteiger partial charge in [0.25, 0.3) is 0 Å². The average molecular weight is 326 g/mol. The second kappa shape index (κ2) is 8.87. The first-order valence-corrected chi connectivity index (χ1v) is 8.16. The number of hydrogen-bond donors (Lipinski definition) is 0. The normalized spacial score (nSPS) is 10.2. The number of benzene rings is 2. The van der Waals surface area contributed by atoms with Gasteiger partial charge in [0.1, 0.15) is 0 Å². The Labute approximate surface area is 142 Å². The molecular formula is C20H22O4. The molecule has 2 aromatic carbocycles. The van der Waals surface area contributed by atoms with Crippen LogP contribution in [0, 0.1) is 0 Å². The second-order valence-corrected chi connectivity index (χ2v) is 5.34. The van der Waals surface area contributed by atoms with Crippen LogP contribution in [0.25, 0.3) is 0 Å². The van der Waals surface area contributed by atoms with Crippen molar-refractivity contribution in [2.45, 2.75) is 26.7 Å². The molecule has 0 N–H and O–H groups in total. The highest BCUT2D eigenvalue weighted by Gasteiger charge is 2.08. The molecule has 0 bridgehead atoms. The smallest absolute Gasteiger partial charge is 0.338 e. The van der Waals surface area contributed by atoms with E-state index in [2.05, 4.69) is 0 Å². The van der Waals surface area contributed by atoms with Gasteiger partial charge in [0.2, 0.25) is 0 Å². The van der Waals surface area contributed by atoms with Crippen LogP contribution in [0.5, 0.6) is 0 Å². The molecule has 0 unspecified atom stereocenters. The summed E-state index contributed by atoms with van der Waals surface area (Å²) in [6, 6.07) is 14.9. The fraction of sp³-hybridized carbons (Fsp3) is 0.300. The van der Waals surface area contributed by atoms with Crippen molar-refractivity contribution in [2.24, 2.45) is 0 Å². The number of ether oxygens (including phenoxy) is 2. The van der Waals surface area contributed by atoms with E-state index in [-0.39, 0.29) is 11.9 Å². The van der Waals surface area contributed by atoms with Crippen molar-refractivity contribution in [1.82, 2.24) is 0 Å². The van der Waals surface area contributed by atoms with E-state index in [4.69, 9.17) is 9.47 Å². The zero-order chi connectivity index (χ0) is 17.4. The van der Waals surface area contributed by atoms with Gasteiger partial charge in [-0.05, 0) is 62.1 Å². The maximum absolute atomic E-state index is 11.8. The summed E-state index contributed by atoms with van der Waals surface area (Å²) in [6.45, 7) is 4.31. The Morgan fingerprint density at radius 2 is 1.17 bits per heavy atom. The molecule has 0 saturated carbocycles. The predicted octanol–water partition coefficient (Wildman–Crippen LogP) is 3.83. The van der Waals surface area contributed by atoms with E-state index in [0.717, 1.165) is 24.0 Å². The lowest BCUT2D eigenvalue weighted by Gasteiger charge is -2.07. The quantitative estimate of drug-likeness (QED) is 0.726. The maximum atomic E-state index is 11.8. The summed E-state index contributed by atoms with van der Waals surface area (Å²) in [5.41, 5.74) is 3.24. The number of hydrogen-bond acceptors (Lipinski definition) is 4. The summed E-state index contributed by atoms with van der Waals surface area (Å²) in [5.74, 6) is -0.604. The molecular weight excluding hydrogens is 304 g/mol. The number of aryl methyl sites for hydroxylation is 2.